The number of fused-ring (bicyclic) bond motifs is 2. The fraction of sp³-hybridized carbons (Fsp3) is 0.391. The monoisotopic (exact) mass is 797 g/mol. The van der Waals surface area contributed by atoms with Gasteiger partial charge in [-0.2, -0.15) is 0 Å². The molecule has 0 aromatic heterocycles. The molecule has 0 spiro atoms. The molecular formula is C46H57Cl2SiZr. The van der Waals surface area contributed by atoms with Gasteiger partial charge in [0.25, 0.3) is 0 Å². The summed E-state index contributed by atoms with van der Waals surface area (Å²) in [6, 6.07) is 31.8. The molecule has 50 heavy (non-hydrogen) atoms. The Morgan fingerprint density at radius 1 is 0.560 bits per heavy atom. The number of allylic oxidation sites excluding steroid dienone is 2. The van der Waals surface area contributed by atoms with E-state index in [1.54, 1.807) is 0 Å². The molecule has 0 radical (unpaired) electrons. The molecule has 0 aliphatic heterocycles. The maximum atomic E-state index is 8.87. The summed E-state index contributed by atoms with van der Waals surface area (Å²) in [6.07, 6.45) is 9.29. The molecule has 0 bridgehead atoms. The molecule has 0 nitrogen and oxygen atoms in total. The Morgan fingerprint density at radius 2 is 0.920 bits per heavy atom. The molecular weight excluding hydrogens is 743 g/mol. The van der Waals surface area contributed by atoms with Crippen LogP contribution in [0.25, 0.3) is 34.4 Å². The van der Waals surface area contributed by atoms with E-state index < -0.39 is 21.5 Å². The number of benzene rings is 4. The molecule has 4 heteroatoms. The van der Waals surface area contributed by atoms with Crippen molar-refractivity contribution >= 4 is 35.1 Å². The van der Waals surface area contributed by atoms with Gasteiger partial charge in [0, 0.05) is 0 Å². The van der Waals surface area contributed by atoms with E-state index >= 15 is 0 Å². The molecule has 2 atom stereocenters. The standard InChI is InChI=1S/2C22H25.C2H7Si.2ClH.Zr/c2*1-5-9-16-14-18-12-13-20(22(2,3)4)21(19(18)15-16)17-10-7-6-8-11-17;1-3-2;;;/h2*6-8,10-15H,5,9H2,1-4H3;3H,1-2H3;2*1H;/q;;;;;+2/p-2. The van der Waals surface area contributed by atoms with Crippen LogP contribution in [0.15, 0.2) is 96.1 Å². The zero-order chi connectivity index (χ0) is 36.2. The number of hydrogen-bond acceptors (Lipinski definition) is 0. The number of rotatable bonds is 9. The van der Waals surface area contributed by atoms with Gasteiger partial charge in [-0.1, -0.05) is 0 Å². The van der Waals surface area contributed by atoms with Crippen LogP contribution in [0.5, 0.6) is 0 Å². The molecule has 4 aromatic carbocycles. The van der Waals surface area contributed by atoms with E-state index in [-0.39, 0.29) is 18.1 Å². The quantitative estimate of drug-likeness (QED) is 0.148. The molecule has 0 heterocycles. The predicted octanol–water partition coefficient (Wildman–Crippen LogP) is 14.8. The topological polar surface area (TPSA) is 0 Å². The van der Waals surface area contributed by atoms with Gasteiger partial charge in [-0.05, 0) is 0 Å². The molecule has 0 N–H and O–H groups in total. The first-order valence-electron chi connectivity index (χ1n) is 19.0. The van der Waals surface area contributed by atoms with Crippen LogP contribution >= 0.6 is 17.0 Å². The Bertz CT molecular complexity index is 1820. The second-order valence-electron chi connectivity index (χ2n) is 17.4. The Hall–Kier alpha value is -1.96. The first kappa shape index (κ1) is 37.8. The van der Waals surface area contributed by atoms with Gasteiger partial charge in [0.15, 0.2) is 0 Å². The van der Waals surface area contributed by atoms with Crippen molar-refractivity contribution in [3.05, 3.63) is 129 Å². The van der Waals surface area contributed by atoms with Gasteiger partial charge in [-0.15, -0.1) is 0 Å². The fourth-order valence-electron chi connectivity index (χ4n) is 9.25. The summed E-state index contributed by atoms with van der Waals surface area (Å²) in [7, 11) is 17.7. The second kappa shape index (κ2) is 13.8. The van der Waals surface area contributed by atoms with E-state index in [2.05, 4.69) is 166 Å². The van der Waals surface area contributed by atoms with Crippen LogP contribution in [0.4, 0.5) is 0 Å². The zero-order valence-corrected chi connectivity index (χ0v) is 37.2. The molecule has 2 unspecified atom stereocenters. The SMILES string of the molecule is CCCC1=Cc2c(ccc(C(C)(C)C)c2-c2ccccc2)[CH]1[Zr]([Cl])([Cl])([CH]1C(CCC)=Cc2c1ccc(C(C)(C)C)c2-c1ccccc1)[SiH](C)C. The zero-order valence-electron chi connectivity index (χ0n) is 32.1. The Kier molecular flexibility index (Phi) is 10.4. The van der Waals surface area contributed by atoms with E-state index in [1.807, 2.05) is 0 Å². The van der Waals surface area contributed by atoms with Gasteiger partial charge in [0.2, 0.25) is 0 Å². The van der Waals surface area contributed by atoms with E-state index in [0.717, 1.165) is 25.7 Å². The van der Waals surface area contributed by atoms with Gasteiger partial charge in [-0.25, -0.2) is 0 Å². The van der Waals surface area contributed by atoms with Crippen molar-refractivity contribution < 1.29 is 15.6 Å². The first-order valence-corrected chi connectivity index (χ1v) is 35.3. The van der Waals surface area contributed by atoms with Crippen molar-refractivity contribution in [2.45, 2.75) is 112 Å². The Balaban J connectivity index is 1.68. The van der Waals surface area contributed by atoms with Crippen molar-refractivity contribution in [3.8, 4) is 22.3 Å². The van der Waals surface area contributed by atoms with Gasteiger partial charge >= 0.3 is 315 Å². The average molecular weight is 800 g/mol. The summed E-state index contributed by atoms with van der Waals surface area (Å²) in [4.78, 5) is 0. The molecule has 6 rings (SSSR count). The van der Waals surface area contributed by atoms with Crippen molar-refractivity contribution in [1.29, 1.82) is 0 Å². The molecule has 0 saturated carbocycles. The minimum atomic E-state index is -4.93. The van der Waals surface area contributed by atoms with Crippen molar-refractivity contribution in [2.24, 2.45) is 0 Å². The summed E-state index contributed by atoms with van der Waals surface area (Å²) in [5.74, 6) is -1.68. The maximum absolute atomic E-state index is 8.87. The van der Waals surface area contributed by atoms with Crippen LogP contribution < -0.4 is 0 Å². The summed E-state index contributed by atoms with van der Waals surface area (Å²) >= 11 is -4.93. The van der Waals surface area contributed by atoms with E-state index in [1.165, 1.54) is 66.8 Å². The number of hydrogen-bond donors (Lipinski definition) is 0. The van der Waals surface area contributed by atoms with Crippen LogP contribution in [-0.2, 0) is 26.4 Å². The Morgan fingerprint density at radius 3 is 1.22 bits per heavy atom. The van der Waals surface area contributed by atoms with Gasteiger partial charge in [-0.3, -0.25) is 0 Å². The van der Waals surface area contributed by atoms with E-state index in [4.69, 9.17) is 17.0 Å². The van der Waals surface area contributed by atoms with Gasteiger partial charge in [0.05, 0.1) is 0 Å². The third-order valence-electron chi connectivity index (χ3n) is 11.6. The van der Waals surface area contributed by atoms with Crippen LogP contribution in [0.2, 0.25) is 13.1 Å². The van der Waals surface area contributed by atoms with Crippen molar-refractivity contribution in [1.82, 2.24) is 0 Å². The summed E-state index contributed by atoms with van der Waals surface area (Å²) in [5.41, 5.74) is 16.5. The summed E-state index contributed by atoms with van der Waals surface area (Å²) in [6.45, 7) is 23.6. The minimum absolute atomic E-state index is 0.0101. The van der Waals surface area contributed by atoms with Gasteiger partial charge < -0.3 is 0 Å². The molecule has 4 aromatic rings. The predicted molar refractivity (Wildman–Crippen MR) is 223 cm³/mol. The molecule has 0 saturated heterocycles. The van der Waals surface area contributed by atoms with Crippen molar-refractivity contribution in [3.63, 3.8) is 0 Å². The number of halogens is 2. The van der Waals surface area contributed by atoms with Crippen LogP contribution in [-0.4, -0.2) is 5.92 Å². The average Bonchev–Trinajstić information content (AvgIpc) is 3.63. The Labute approximate surface area is 312 Å². The van der Waals surface area contributed by atoms with E-state index in [9.17, 15) is 0 Å². The molecule has 2 aliphatic rings. The van der Waals surface area contributed by atoms with Gasteiger partial charge in [0.1, 0.15) is 0 Å². The van der Waals surface area contributed by atoms with E-state index in [0.29, 0.717) is 0 Å². The normalized spacial score (nSPS) is 18.4. The summed E-state index contributed by atoms with van der Waals surface area (Å²) in [5, 5.41) is 0. The van der Waals surface area contributed by atoms with Crippen LogP contribution in [0.1, 0.15) is 122 Å². The van der Waals surface area contributed by atoms with Crippen LogP contribution in [0, 0.1) is 0 Å². The summed E-state index contributed by atoms with van der Waals surface area (Å²) < 4.78 is 0.188. The molecule has 0 fully saturated rings. The third kappa shape index (κ3) is 6.27. The molecule has 0 amide bonds. The molecule has 263 valence electrons. The third-order valence-corrected chi connectivity index (χ3v) is 63.5. The van der Waals surface area contributed by atoms with Crippen LogP contribution in [0.3, 0.4) is 0 Å². The second-order valence-corrected chi connectivity index (χ2v) is 59.9. The first-order chi connectivity index (χ1) is 23.5. The van der Waals surface area contributed by atoms with Crippen molar-refractivity contribution in [2.75, 3.05) is 0 Å². The fourth-order valence-corrected chi connectivity index (χ4v) is 40.8. The molecule has 2 aliphatic carbocycles.